The Bertz CT molecular complexity index is 999. The van der Waals surface area contributed by atoms with Gasteiger partial charge in [-0.25, -0.2) is 4.79 Å². The smallest absolute Gasteiger partial charge is 0.395 e. The van der Waals surface area contributed by atoms with Gasteiger partial charge >= 0.3 is 11.9 Å². The third-order valence-electron chi connectivity index (χ3n) is 7.10. The Morgan fingerprint density at radius 1 is 1.15 bits per heavy atom. The number of carboxylic acids is 1. The highest BCUT2D eigenvalue weighted by Gasteiger charge is 2.66. The van der Waals surface area contributed by atoms with Crippen LogP contribution in [0.3, 0.4) is 0 Å². The van der Waals surface area contributed by atoms with E-state index in [0.717, 1.165) is 10.5 Å². The SMILES string of the molecule is COc1ccc2c(c1)CC[C@H]([C@@H]1[C@@H]([C@@](C)(O[Si](C)C)C(C)(C)C)C(=O)N1C(=O)C(=O)O)C2=O. The van der Waals surface area contributed by atoms with Gasteiger partial charge in [0.1, 0.15) is 5.75 Å². The maximum Gasteiger partial charge on any atom is 0.395 e. The van der Waals surface area contributed by atoms with Crippen molar-refractivity contribution >= 4 is 32.6 Å². The molecule has 1 N–H and O–H groups in total. The number of hydrogen-bond acceptors (Lipinski definition) is 6. The highest BCUT2D eigenvalue weighted by Crippen LogP contribution is 2.51. The summed E-state index contributed by atoms with van der Waals surface area (Å²) in [7, 11) is 0.291. The molecule has 1 heterocycles. The van der Waals surface area contributed by atoms with Crippen LogP contribution >= 0.6 is 0 Å². The van der Waals surface area contributed by atoms with Crippen LogP contribution in [-0.4, -0.2) is 61.4 Å². The molecule has 3 rings (SSSR count). The fourth-order valence-corrected chi connectivity index (χ4v) is 6.32. The molecular formula is C24H32NO7Si. The highest BCUT2D eigenvalue weighted by atomic mass is 28.3. The summed E-state index contributed by atoms with van der Waals surface area (Å²) in [5.74, 6) is -4.67. The molecule has 1 aromatic rings. The zero-order valence-corrected chi connectivity index (χ0v) is 21.2. The first-order chi connectivity index (χ1) is 15.2. The van der Waals surface area contributed by atoms with Gasteiger partial charge in [0.2, 0.25) is 14.9 Å². The summed E-state index contributed by atoms with van der Waals surface area (Å²) < 4.78 is 11.6. The van der Waals surface area contributed by atoms with Crippen molar-refractivity contribution in [3.8, 4) is 5.75 Å². The van der Waals surface area contributed by atoms with Crippen LogP contribution in [0.15, 0.2) is 18.2 Å². The second kappa shape index (κ2) is 8.68. The van der Waals surface area contributed by atoms with Crippen molar-refractivity contribution < 1.29 is 33.4 Å². The van der Waals surface area contributed by atoms with E-state index in [4.69, 9.17) is 9.16 Å². The minimum Gasteiger partial charge on any atom is -0.497 e. The van der Waals surface area contributed by atoms with E-state index in [-0.39, 0.29) is 5.78 Å². The van der Waals surface area contributed by atoms with E-state index in [1.54, 1.807) is 19.2 Å². The van der Waals surface area contributed by atoms with Crippen molar-refractivity contribution in [3.63, 3.8) is 0 Å². The van der Waals surface area contributed by atoms with Gasteiger partial charge in [0, 0.05) is 11.5 Å². The van der Waals surface area contributed by atoms with Crippen LogP contribution in [0.2, 0.25) is 13.1 Å². The van der Waals surface area contributed by atoms with E-state index in [1.807, 2.05) is 46.9 Å². The predicted molar refractivity (Wildman–Crippen MR) is 122 cm³/mol. The van der Waals surface area contributed by atoms with E-state index in [9.17, 15) is 24.3 Å². The summed E-state index contributed by atoms with van der Waals surface area (Å²) in [5.41, 5.74) is -0.129. The number of aryl methyl sites for hydroxylation is 1. The summed E-state index contributed by atoms with van der Waals surface area (Å²) in [5, 5.41) is 9.36. The molecular weight excluding hydrogens is 442 g/mol. The Morgan fingerprint density at radius 2 is 1.79 bits per heavy atom. The molecule has 0 aromatic heterocycles. The molecule has 33 heavy (non-hydrogen) atoms. The molecule has 1 saturated heterocycles. The van der Waals surface area contributed by atoms with E-state index in [1.165, 1.54) is 0 Å². The first kappa shape index (κ1) is 25.1. The summed E-state index contributed by atoms with van der Waals surface area (Å²) in [6.45, 7) is 11.6. The third kappa shape index (κ3) is 4.12. The number of rotatable bonds is 5. The van der Waals surface area contributed by atoms with E-state index < -0.39 is 55.7 Å². The summed E-state index contributed by atoms with van der Waals surface area (Å²) >= 11 is 0. The van der Waals surface area contributed by atoms with Gasteiger partial charge in [0.15, 0.2) is 5.78 Å². The monoisotopic (exact) mass is 474 g/mol. The standard InChI is InChI=1S/C24H32NO7Si/c1-23(2,3)24(4,32-33(6)7)17-18(25(20(17)27)21(28)22(29)30)16-10-8-13-12-14(31-5)9-11-15(13)19(16)26/h9,11-12,16-18H,8,10H2,1-7H3,(H,29,30)/t16-,17-,18-,24-/m1/s1. The second-order valence-electron chi connectivity index (χ2n) is 10.2. The number of Topliss-reactive ketones (excluding diaryl/α,β-unsaturated/α-hetero) is 1. The number of amides is 2. The molecule has 4 atom stereocenters. The molecule has 0 bridgehead atoms. The van der Waals surface area contributed by atoms with Gasteiger partial charge in [-0.3, -0.25) is 19.3 Å². The lowest BCUT2D eigenvalue weighted by atomic mass is 9.59. The molecule has 0 unspecified atom stereocenters. The molecule has 2 aliphatic rings. The number of carboxylic acid groups (broad SMARTS) is 1. The van der Waals surface area contributed by atoms with Crippen molar-refractivity contribution in [2.24, 2.45) is 17.3 Å². The lowest BCUT2D eigenvalue weighted by molar-refractivity contribution is -0.196. The fourth-order valence-electron chi connectivity index (χ4n) is 5.04. The largest absolute Gasteiger partial charge is 0.497 e. The maximum absolute atomic E-state index is 13.6. The number of aliphatic carboxylic acids is 1. The van der Waals surface area contributed by atoms with Gasteiger partial charge in [-0.2, -0.15) is 0 Å². The van der Waals surface area contributed by atoms with Crippen molar-refractivity contribution in [2.75, 3.05) is 7.11 Å². The summed E-state index contributed by atoms with van der Waals surface area (Å²) in [6.07, 6.45) is 0.951. The quantitative estimate of drug-likeness (QED) is 0.397. The first-order valence-electron chi connectivity index (χ1n) is 11.0. The summed E-state index contributed by atoms with van der Waals surface area (Å²) in [4.78, 5) is 51.7. The number of carbonyl (C=O) groups is 4. The number of hydrogen-bond donors (Lipinski definition) is 1. The van der Waals surface area contributed by atoms with E-state index in [0.29, 0.717) is 24.2 Å². The van der Waals surface area contributed by atoms with Crippen molar-refractivity contribution in [2.45, 2.75) is 65.3 Å². The van der Waals surface area contributed by atoms with E-state index in [2.05, 4.69) is 0 Å². The minimum atomic E-state index is -1.71. The first-order valence-corrected chi connectivity index (χ1v) is 13.5. The van der Waals surface area contributed by atoms with Crippen LogP contribution in [-0.2, 0) is 25.2 Å². The molecule has 9 heteroatoms. The Kier molecular flexibility index (Phi) is 6.60. The zero-order chi connectivity index (χ0) is 24.9. The molecule has 179 valence electrons. The van der Waals surface area contributed by atoms with E-state index >= 15 is 0 Å². The number of carbonyl (C=O) groups excluding carboxylic acids is 3. The number of methoxy groups -OCH3 is 1. The minimum absolute atomic E-state index is 0.195. The molecule has 0 saturated carbocycles. The Labute approximate surface area is 196 Å². The predicted octanol–water partition coefficient (Wildman–Crippen LogP) is 2.95. The van der Waals surface area contributed by atoms with Crippen LogP contribution in [0, 0.1) is 17.3 Å². The number of imide groups is 1. The van der Waals surface area contributed by atoms with Crippen molar-refractivity contribution in [1.82, 2.24) is 4.90 Å². The average Bonchev–Trinajstić information content (AvgIpc) is 2.70. The topological polar surface area (TPSA) is 110 Å². The number of nitrogens with zero attached hydrogens (tertiary/aromatic N) is 1. The summed E-state index contributed by atoms with van der Waals surface area (Å²) in [6, 6.07) is 4.33. The van der Waals surface area contributed by atoms with Crippen molar-refractivity contribution in [3.05, 3.63) is 29.3 Å². The zero-order valence-electron chi connectivity index (χ0n) is 20.2. The van der Waals surface area contributed by atoms with Crippen LogP contribution < -0.4 is 4.74 Å². The van der Waals surface area contributed by atoms with Crippen LogP contribution in [0.1, 0.15) is 50.0 Å². The Hall–Kier alpha value is -2.52. The number of ketones is 1. The van der Waals surface area contributed by atoms with Gasteiger partial charge in [-0.05, 0) is 62.0 Å². The molecule has 0 spiro atoms. The number of likely N-dealkylation sites (tertiary alicyclic amines) is 1. The van der Waals surface area contributed by atoms with Crippen LogP contribution in [0.25, 0.3) is 0 Å². The normalized spacial score (nSPS) is 24.7. The molecule has 1 fully saturated rings. The van der Waals surface area contributed by atoms with Gasteiger partial charge < -0.3 is 14.3 Å². The van der Waals surface area contributed by atoms with Crippen LogP contribution in [0.5, 0.6) is 5.75 Å². The number of β-lactam (4-membered cyclic amide) rings is 1. The van der Waals surface area contributed by atoms with Crippen LogP contribution in [0.4, 0.5) is 0 Å². The maximum atomic E-state index is 13.6. The molecule has 8 nitrogen and oxygen atoms in total. The molecule has 2 amide bonds. The van der Waals surface area contributed by atoms with Crippen molar-refractivity contribution in [1.29, 1.82) is 0 Å². The Morgan fingerprint density at radius 3 is 2.30 bits per heavy atom. The van der Waals surface area contributed by atoms with Gasteiger partial charge in [0.05, 0.1) is 24.7 Å². The van der Waals surface area contributed by atoms with Gasteiger partial charge in [-0.1, -0.05) is 20.8 Å². The van der Waals surface area contributed by atoms with Gasteiger partial charge in [0.25, 0.3) is 0 Å². The number of ether oxygens (including phenoxy) is 1. The lowest BCUT2D eigenvalue weighted by Crippen LogP contribution is -2.76. The second-order valence-corrected chi connectivity index (χ2v) is 12.2. The highest BCUT2D eigenvalue weighted by molar-refractivity contribution is 6.48. The molecule has 1 radical (unpaired) electrons. The molecule has 1 aliphatic carbocycles. The third-order valence-corrected chi connectivity index (χ3v) is 7.93. The Balaban J connectivity index is 2.09. The molecule has 1 aliphatic heterocycles. The fraction of sp³-hybridized carbons (Fsp3) is 0.583. The van der Waals surface area contributed by atoms with Gasteiger partial charge in [-0.15, -0.1) is 0 Å². The lowest BCUT2D eigenvalue weighted by Gasteiger charge is -2.59. The molecule has 1 aromatic carbocycles. The number of benzene rings is 1. The number of fused-ring (bicyclic) bond motifs is 1. The average molecular weight is 475 g/mol.